The van der Waals surface area contributed by atoms with E-state index in [1.54, 1.807) is 0 Å². The molecular weight excluding hydrogens is 408 g/mol. The lowest BCUT2D eigenvalue weighted by Crippen LogP contribution is -2.00. The Morgan fingerprint density at radius 1 is 0.588 bits per heavy atom. The Balaban J connectivity index is -0.000000182. The summed E-state index contributed by atoms with van der Waals surface area (Å²) in [4.78, 5) is 0. The van der Waals surface area contributed by atoms with Gasteiger partial charge in [-0.2, -0.15) is 0 Å². The highest BCUT2D eigenvalue weighted by molar-refractivity contribution is 5.19. The third kappa shape index (κ3) is 18.4. The molecule has 0 nitrogen and oxygen atoms in total. The zero-order valence-electron chi connectivity index (χ0n) is 16.5. The van der Waals surface area contributed by atoms with Gasteiger partial charge in [0, 0.05) is 0 Å². The molecule has 3 atom stereocenters. The summed E-state index contributed by atoms with van der Waals surface area (Å²) in [5.74, 6) is 1.83. The van der Waals surface area contributed by atoms with E-state index in [4.69, 9.17) is 0 Å². The van der Waals surface area contributed by atoms with Gasteiger partial charge in [-0.1, -0.05) is 152 Å². The lowest BCUT2D eigenvalue weighted by molar-refractivity contribution is 0.526. The first-order valence-electron chi connectivity index (χ1n) is 10.1. The Kier molecular flexibility index (Phi) is 41.8. The molecule has 0 aliphatic rings. The maximum atomic E-state index is 4.04. The smallest absolute Gasteiger partial charge is 0.0187 e. The van der Waals surface area contributed by atoms with Gasteiger partial charge in [-0.3, -0.25) is 0 Å². The second kappa shape index (κ2) is 29.0. The van der Waals surface area contributed by atoms with Crippen LogP contribution in [0.5, 0.6) is 0 Å². The lowest BCUT2D eigenvalue weighted by atomic mass is 9.90. The molecule has 0 spiro atoms. The van der Waals surface area contributed by atoms with E-state index >= 15 is 0 Å². The van der Waals surface area contributed by atoms with Gasteiger partial charge in [0.2, 0.25) is 0 Å². The topological polar surface area (TPSA) is 0 Å². The van der Waals surface area contributed by atoms with Crippen LogP contribution in [0.3, 0.4) is 0 Å². The lowest BCUT2D eigenvalue weighted by Gasteiger charge is -2.15. The molecule has 0 N–H and O–H groups in total. The monoisotopic (exact) mass is 475 g/mol. The number of hydrogen-bond donors (Lipinski definition) is 0. The van der Waals surface area contributed by atoms with E-state index in [9.17, 15) is 0 Å². The Bertz CT molecular complexity index is 638. The van der Waals surface area contributed by atoms with Crippen LogP contribution in [0.2, 0.25) is 0 Å². The molecule has 2 aromatic rings. The Hall–Kier alpha value is -2.08. The Morgan fingerprint density at radius 2 is 1.00 bits per heavy atom. The molecule has 0 aliphatic heterocycles. The normalized spacial score (nSPS) is 11.4. The fourth-order valence-electron chi connectivity index (χ4n) is 3.43. The summed E-state index contributed by atoms with van der Waals surface area (Å²) in [5.41, 5.74) is 2.89. The van der Waals surface area contributed by atoms with Crippen LogP contribution < -0.4 is 0 Å². The van der Waals surface area contributed by atoms with Crippen LogP contribution in [0, 0.1) is 5.92 Å². The SMILES string of the molecule is C.C.C.C.C.C.C.C.C=CC(C/C=C\CCC(C)c1ccccc1)CCC(C)c1ccccc1. The molecule has 0 aromatic heterocycles. The highest BCUT2D eigenvalue weighted by Gasteiger charge is 2.09. The molecule has 0 saturated carbocycles. The predicted octanol–water partition coefficient (Wildman–Crippen LogP) is 13.0. The fraction of sp³-hybridized carbons (Fsp3) is 0.529. The van der Waals surface area contributed by atoms with E-state index in [0.717, 1.165) is 12.8 Å². The molecule has 202 valence electrons. The second-order valence-corrected chi connectivity index (χ2v) is 7.48. The van der Waals surface area contributed by atoms with E-state index in [0.29, 0.717) is 17.8 Å². The van der Waals surface area contributed by atoms with E-state index in [1.807, 2.05) is 0 Å². The van der Waals surface area contributed by atoms with Crippen molar-refractivity contribution in [3.63, 3.8) is 0 Å². The van der Waals surface area contributed by atoms with Crippen molar-refractivity contribution in [3.05, 3.63) is 96.6 Å². The largest absolute Gasteiger partial charge is 0.103 e. The molecule has 34 heavy (non-hydrogen) atoms. The van der Waals surface area contributed by atoms with Crippen molar-refractivity contribution in [3.8, 4) is 0 Å². The maximum absolute atomic E-state index is 4.04. The van der Waals surface area contributed by atoms with E-state index in [1.165, 1.54) is 30.4 Å². The summed E-state index contributed by atoms with van der Waals surface area (Å²) >= 11 is 0. The minimum Gasteiger partial charge on any atom is -0.103 e. The van der Waals surface area contributed by atoms with Gasteiger partial charge in [0.05, 0.1) is 0 Å². The molecule has 0 aliphatic carbocycles. The number of hydrogen-bond acceptors (Lipinski definition) is 0. The van der Waals surface area contributed by atoms with E-state index < -0.39 is 0 Å². The van der Waals surface area contributed by atoms with Crippen molar-refractivity contribution >= 4 is 0 Å². The van der Waals surface area contributed by atoms with Gasteiger partial charge >= 0.3 is 0 Å². The first-order chi connectivity index (χ1) is 12.7. The van der Waals surface area contributed by atoms with Gasteiger partial charge in [0.25, 0.3) is 0 Å². The zero-order valence-corrected chi connectivity index (χ0v) is 16.5. The molecule has 0 amide bonds. The predicted molar refractivity (Wildman–Crippen MR) is 169 cm³/mol. The quantitative estimate of drug-likeness (QED) is 0.284. The Labute approximate surface area is 219 Å². The second-order valence-electron chi connectivity index (χ2n) is 7.48. The molecule has 2 rings (SSSR count). The van der Waals surface area contributed by atoms with Gasteiger partial charge in [-0.25, -0.2) is 0 Å². The van der Waals surface area contributed by atoms with Crippen molar-refractivity contribution in [1.29, 1.82) is 0 Å². The molecule has 2 aromatic carbocycles. The van der Waals surface area contributed by atoms with Gasteiger partial charge < -0.3 is 0 Å². The van der Waals surface area contributed by atoms with Gasteiger partial charge in [-0.15, -0.1) is 6.58 Å². The van der Waals surface area contributed by atoms with Crippen LogP contribution in [0.1, 0.15) is 128 Å². The van der Waals surface area contributed by atoms with Crippen LogP contribution >= 0.6 is 0 Å². The summed E-state index contributed by atoms with van der Waals surface area (Å²) in [6, 6.07) is 21.6. The molecule has 0 radical (unpaired) electrons. The highest BCUT2D eigenvalue weighted by Crippen LogP contribution is 2.25. The molecule has 0 saturated heterocycles. The van der Waals surface area contributed by atoms with Crippen LogP contribution in [0.15, 0.2) is 85.5 Å². The average molecular weight is 475 g/mol. The van der Waals surface area contributed by atoms with Gasteiger partial charge in [-0.05, 0) is 61.0 Å². The summed E-state index contributed by atoms with van der Waals surface area (Å²) < 4.78 is 0. The summed E-state index contributed by atoms with van der Waals surface area (Å²) in [6.45, 7) is 8.69. The summed E-state index contributed by atoms with van der Waals surface area (Å²) in [5, 5.41) is 0. The van der Waals surface area contributed by atoms with E-state index in [2.05, 4.69) is 99.3 Å². The molecule has 0 heteroatoms. The van der Waals surface area contributed by atoms with Gasteiger partial charge in [0.15, 0.2) is 0 Å². The fourth-order valence-corrected chi connectivity index (χ4v) is 3.43. The Morgan fingerprint density at radius 3 is 1.41 bits per heavy atom. The summed E-state index contributed by atoms with van der Waals surface area (Å²) in [6.07, 6.45) is 12.8. The third-order valence-corrected chi connectivity index (χ3v) is 5.41. The number of rotatable bonds is 11. The molecule has 3 unspecified atom stereocenters. The third-order valence-electron chi connectivity index (χ3n) is 5.41. The van der Waals surface area contributed by atoms with Crippen molar-refractivity contribution < 1.29 is 0 Å². The van der Waals surface area contributed by atoms with Crippen LogP contribution in [0.25, 0.3) is 0 Å². The first-order valence-corrected chi connectivity index (χ1v) is 10.1. The van der Waals surface area contributed by atoms with Crippen LogP contribution in [-0.4, -0.2) is 0 Å². The standard InChI is InChI=1S/C26H34.8CH4/c1-4-24(21-20-23(3)26-18-12-7-13-19-26)15-9-5-8-14-22(2)25-16-10-6-11-17-25;;;;;;;;/h4-7,9-13,16-19,22-24H,1,8,14-15,20-21H2,2-3H3;8*1H4/b9-5-;;;;;;;;. The van der Waals surface area contributed by atoms with Crippen molar-refractivity contribution in [1.82, 2.24) is 0 Å². The maximum Gasteiger partial charge on any atom is -0.0187 e. The van der Waals surface area contributed by atoms with Crippen molar-refractivity contribution in [2.24, 2.45) is 5.92 Å². The molecule has 0 heterocycles. The van der Waals surface area contributed by atoms with Crippen LogP contribution in [-0.2, 0) is 0 Å². The molecule has 0 bridgehead atoms. The van der Waals surface area contributed by atoms with Crippen molar-refractivity contribution in [2.45, 2.75) is 117 Å². The number of benzene rings is 2. The number of allylic oxidation sites excluding steroid dienone is 3. The van der Waals surface area contributed by atoms with Crippen LogP contribution in [0.4, 0.5) is 0 Å². The first kappa shape index (κ1) is 49.1. The highest BCUT2D eigenvalue weighted by atomic mass is 14.1. The average Bonchev–Trinajstić information content (AvgIpc) is 2.71. The zero-order chi connectivity index (χ0) is 18.6. The summed E-state index contributed by atoms with van der Waals surface area (Å²) in [7, 11) is 0. The van der Waals surface area contributed by atoms with Gasteiger partial charge in [0.1, 0.15) is 0 Å². The van der Waals surface area contributed by atoms with Crippen molar-refractivity contribution in [2.75, 3.05) is 0 Å². The molecule has 0 fully saturated rings. The van der Waals surface area contributed by atoms with E-state index in [-0.39, 0.29) is 59.4 Å². The minimum atomic E-state index is 0. The molecular formula is C34H66. The minimum absolute atomic E-state index is 0.